The minimum Gasteiger partial charge on any atom is -0.353 e. The van der Waals surface area contributed by atoms with Crippen molar-refractivity contribution in [3.05, 3.63) is 0 Å². The predicted octanol–water partition coefficient (Wildman–Crippen LogP) is -0.00350. The molecule has 1 saturated heterocycles. The van der Waals surface area contributed by atoms with E-state index in [0.717, 1.165) is 26.1 Å². The minimum absolute atomic E-state index is 0.387. The van der Waals surface area contributed by atoms with E-state index in [9.17, 15) is 8.42 Å². The van der Waals surface area contributed by atoms with Crippen LogP contribution >= 0.6 is 0 Å². The second-order valence-corrected chi connectivity index (χ2v) is 5.01. The molecule has 1 heterocycles. The SMILES string of the molecule is NC(=NCCCN1CCCCC1)OS(=O)(=O)O. The van der Waals surface area contributed by atoms with Crippen LogP contribution in [0, 0.1) is 0 Å². The molecule has 0 saturated carbocycles. The van der Waals surface area contributed by atoms with E-state index < -0.39 is 16.4 Å². The first kappa shape index (κ1) is 14.2. The molecule has 0 atom stereocenters. The number of hydrogen-bond acceptors (Lipinski definition) is 5. The maximum Gasteiger partial charge on any atom is 0.449 e. The topological polar surface area (TPSA) is 105 Å². The third-order valence-corrected chi connectivity index (χ3v) is 2.92. The van der Waals surface area contributed by atoms with Crippen LogP contribution in [-0.4, -0.2) is 50.1 Å². The standard InChI is InChI=1S/C9H19N3O4S/c10-9(16-17(13,14)15)11-5-4-8-12-6-2-1-3-7-12/h1-8H2,(H2,10,11)(H,13,14,15). The molecule has 17 heavy (non-hydrogen) atoms. The van der Waals surface area contributed by atoms with E-state index in [1.54, 1.807) is 0 Å². The maximum atomic E-state index is 10.3. The van der Waals surface area contributed by atoms with Gasteiger partial charge in [-0.2, -0.15) is 8.42 Å². The highest BCUT2D eigenvalue weighted by Crippen LogP contribution is 2.08. The molecule has 1 rings (SSSR count). The van der Waals surface area contributed by atoms with Gasteiger partial charge >= 0.3 is 16.4 Å². The molecular weight excluding hydrogens is 246 g/mol. The first-order valence-corrected chi connectivity index (χ1v) is 7.03. The average molecular weight is 265 g/mol. The Hall–Kier alpha value is -0.860. The van der Waals surface area contributed by atoms with E-state index in [4.69, 9.17) is 10.3 Å². The van der Waals surface area contributed by atoms with Crippen LogP contribution in [0.25, 0.3) is 0 Å². The molecule has 0 aromatic carbocycles. The Labute approximate surface area is 102 Å². The molecule has 0 aromatic rings. The molecule has 0 aliphatic carbocycles. The van der Waals surface area contributed by atoms with Crippen molar-refractivity contribution in [2.75, 3.05) is 26.2 Å². The van der Waals surface area contributed by atoms with Gasteiger partial charge in [-0.15, -0.1) is 0 Å². The lowest BCUT2D eigenvalue weighted by molar-refractivity contribution is 0.227. The van der Waals surface area contributed by atoms with Crippen LogP contribution in [0.5, 0.6) is 0 Å². The van der Waals surface area contributed by atoms with Crippen molar-refractivity contribution in [2.45, 2.75) is 25.7 Å². The summed E-state index contributed by atoms with van der Waals surface area (Å²) < 4.78 is 32.9. The van der Waals surface area contributed by atoms with Crippen LogP contribution in [0.4, 0.5) is 0 Å². The monoisotopic (exact) mass is 265 g/mol. The average Bonchev–Trinajstić information content (AvgIpc) is 2.23. The normalized spacial score (nSPS) is 19.2. The summed E-state index contributed by atoms with van der Waals surface area (Å²) in [4.78, 5) is 6.05. The number of rotatable bonds is 5. The van der Waals surface area contributed by atoms with Crippen LogP contribution in [0.3, 0.4) is 0 Å². The van der Waals surface area contributed by atoms with Gasteiger partial charge in [0.25, 0.3) is 0 Å². The van der Waals surface area contributed by atoms with E-state index in [1.165, 1.54) is 19.3 Å². The summed E-state index contributed by atoms with van der Waals surface area (Å²) in [5, 5.41) is 0. The van der Waals surface area contributed by atoms with Crippen LogP contribution < -0.4 is 5.73 Å². The summed E-state index contributed by atoms with van der Waals surface area (Å²) >= 11 is 0. The van der Waals surface area contributed by atoms with Crippen molar-refractivity contribution in [3.63, 3.8) is 0 Å². The molecule has 0 aromatic heterocycles. The van der Waals surface area contributed by atoms with Gasteiger partial charge in [0.15, 0.2) is 0 Å². The molecule has 100 valence electrons. The Bertz CT molecular complexity index is 349. The van der Waals surface area contributed by atoms with E-state index >= 15 is 0 Å². The molecule has 0 spiro atoms. The van der Waals surface area contributed by atoms with Gasteiger partial charge in [-0.25, -0.2) is 4.99 Å². The third kappa shape index (κ3) is 7.14. The van der Waals surface area contributed by atoms with Crippen LogP contribution in [0.2, 0.25) is 0 Å². The molecule has 1 aliphatic heterocycles. The highest BCUT2D eigenvalue weighted by Gasteiger charge is 2.09. The van der Waals surface area contributed by atoms with Gasteiger partial charge in [0.2, 0.25) is 0 Å². The van der Waals surface area contributed by atoms with E-state index in [2.05, 4.69) is 14.1 Å². The highest BCUT2D eigenvalue weighted by atomic mass is 32.3. The molecule has 1 fully saturated rings. The lowest BCUT2D eigenvalue weighted by Crippen LogP contribution is -2.31. The number of nitrogens with zero attached hydrogens (tertiary/aromatic N) is 2. The van der Waals surface area contributed by atoms with Crippen molar-refractivity contribution < 1.29 is 17.2 Å². The largest absolute Gasteiger partial charge is 0.449 e. The molecule has 1 aliphatic rings. The fraction of sp³-hybridized carbons (Fsp3) is 0.889. The summed E-state index contributed by atoms with van der Waals surface area (Å²) in [6.45, 7) is 3.53. The maximum absolute atomic E-state index is 10.3. The van der Waals surface area contributed by atoms with Crippen LogP contribution in [0.15, 0.2) is 4.99 Å². The molecule has 0 amide bonds. The first-order chi connectivity index (χ1) is 7.97. The Morgan fingerprint density at radius 2 is 2.00 bits per heavy atom. The quantitative estimate of drug-likeness (QED) is 0.314. The number of nitrogens with two attached hydrogens (primary N) is 1. The Kier molecular flexibility index (Phi) is 5.66. The van der Waals surface area contributed by atoms with E-state index in [-0.39, 0.29) is 0 Å². The summed E-state index contributed by atoms with van der Waals surface area (Å²) in [6.07, 6.45) is 4.55. The fourth-order valence-corrected chi connectivity index (χ4v) is 2.07. The van der Waals surface area contributed by atoms with Gasteiger partial charge in [-0.05, 0) is 38.9 Å². The van der Waals surface area contributed by atoms with E-state index in [0.29, 0.717) is 6.54 Å². The van der Waals surface area contributed by atoms with Gasteiger partial charge in [0, 0.05) is 6.54 Å². The zero-order valence-electron chi connectivity index (χ0n) is 9.71. The Morgan fingerprint density at radius 3 is 2.59 bits per heavy atom. The lowest BCUT2D eigenvalue weighted by Gasteiger charge is -2.25. The highest BCUT2D eigenvalue weighted by molar-refractivity contribution is 7.81. The summed E-state index contributed by atoms with van der Waals surface area (Å²) in [5.41, 5.74) is 5.15. The Balaban J connectivity index is 2.15. The second kappa shape index (κ2) is 6.77. The third-order valence-electron chi connectivity index (χ3n) is 2.54. The number of likely N-dealkylation sites (tertiary alicyclic amines) is 1. The molecule has 8 heteroatoms. The molecule has 3 N–H and O–H groups in total. The van der Waals surface area contributed by atoms with Gasteiger partial charge in [0.1, 0.15) is 0 Å². The lowest BCUT2D eigenvalue weighted by atomic mass is 10.1. The zero-order valence-corrected chi connectivity index (χ0v) is 10.5. The van der Waals surface area contributed by atoms with Gasteiger partial charge < -0.3 is 14.8 Å². The van der Waals surface area contributed by atoms with Gasteiger partial charge in [-0.3, -0.25) is 4.55 Å². The number of amidine groups is 1. The fourth-order valence-electron chi connectivity index (χ4n) is 1.80. The van der Waals surface area contributed by atoms with Crippen LogP contribution in [0.1, 0.15) is 25.7 Å². The smallest absolute Gasteiger partial charge is 0.353 e. The molecular formula is C9H19N3O4S. The van der Waals surface area contributed by atoms with Crippen molar-refractivity contribution in [1.82, 2.24) is 4.90 Å². The summed E-state index contributed by atoms with van der Waals surface area (Å²) in [5.74, 6) is 0. The van der Waals surface area contributed by atoms with Crippen LogP contribution in [-0.2, 0) is 14.6 Å². The second-order valence-electron chi connectivity index (χ2n) is 3.99. The molecule has 0 unspecified atom stereocenters. The number of aliphatic imine (C=N–C) groups is 1. The molecule has 7 nitrogen and oxygen atoms in total. The van der Waals surface area contributed by atoms with Crippen molar-refractivity contribution in [1.29, 1.82) is 0 Å². The zero-order chi connectivity index (χ0) is 12.7. The van der Waals surface area contributed by atoms with Gasteiger partial charge in [0.05, 0.1) is 0 Å². The number of piperidine rings is 1. The van der Waals surface area contributed by atoms with Crippen molar-refractivity contribution in [2.24, 2.45) is 10.7 Å². The predicted molar refractivity (Wildman–Crippen MR) is 64.0 cm³/mol. The minimum atomic E-state index is -4.55. The molecule has 0 bridgehead atoms. The van der Waals surface area contributed by atoms with E-state index in [1.807, 2.05) is 0 Å². The summed E-state index contributed by atoms with van der Waals surface area (Å²) in [7, 11) is -4.55. The first-order valence-electron chi connectivity index (χ1n) is 5.66. The summed E-state index contributed by atoms with van der Waals surface area (Å²) in [6, 6.07) is -0.522. The van der Waals surface area contributed by atoms with Crippen molar-refractivity contribution in [3.8, 4) is 0 Å². The molecule has 0 radical (unpaired) electrons. The van der Waals surface area contributed by atoms with Gasteiger partial charge in [-0.1, -0.05) is 6.42 Å². The van der Waals surface area contributed by atoms with Crippen molar-refractivity contribution >= 4 is 16.4 Å². The Morgan fingerprint density at radius 1 is 1.35 bits per heavy atom. The number of hydrogen-bond donors (Lipinski definition) is 2.